The van der Waals surface area contributed by atoms with Crippen molar-refractivity contribution in [3.8, 4) is 0 Å². The van der Waals surface area contributed by atoms with Gasteiger partial charge in [-0.1, -0.05) is 44.2 Å². The number of nitrogens with two attached hydrogens (primary N) is 2. The van der Waals surface area contributed by atoms with Gasteiger partial charge in [0.1, 0.15) is 6.04 Å². The lowest BCUT2D eigenvalue weighted by atomic mass is 10.0. The van der Waals surface area contributed by atoms with Crippen LogP contribution in [-0.2, 0) is 16.0 Å². The van der Waals surface area contributed by atoms with Crippen molar-refractivity contribution in [2.24, 2.45) is 17.4 Å². The number of nitro groups is 1. The number of nitrogens with one attached hydrogen (secondary N) is 2. The summed E-state index contributed by atoms with van der Waals surface area (Å²) in [6, 6.07) is 12.3. The van der Waals surface area contributed by atoms with E-state index in [1.54, 1.807) is 0 Å². The Balaban J connectivity index is 1.94. The highest BCUT2D eigenvalue weighted by Gasteiger charge is 2.26. The summed E-state index contributed by atoms with van der Waals surface area (Å²) in [6.07, 6.45) is -0.399. The summed E-state index contributed by atoms with van der Waals surface area (Å²) in [5, 5.41) is 26.6. The van der Waals surface area contributed by atoms with Crippen LogP contribution in [0.3, 0.4) is 0 Å². The second kappa shape index (κ2) is 12.8. The number of benzene rings is 2. The standard InChI is InChI=1S/C24H33N5O5/c1-15(2)12-21(28-23(31)19(25)13-16-6-4-3-5-7-16)24(32)27-14-20(26)22(30)17-8-10-18(11-9-17)29(33)34/h3-11,15,19-22,30H,12-14,25-26H2,1-2H3,(H,27,32)(H,28,31)/t19-,20-,21-,22-/m0/s1. The molecular weight excluding hydrogens is 438 g/mol. The Kier molecular flexibility index (Phi) is 10.1. The number of nitro benzene ring substituents is 1. The quantitative estimate of drug-likeness (QED) is 0.228. The van der Waals surface area contributed by atoms with Gasteiger partial charge in [-0.25, -0.2) is 0 Å². The molecule has 2 aromatic rings. The lowest BCUT2D eigenvalue weighted by Crippen LogP contribution is -2.54. The fourth-order valence-electron chi connectivity index (χ4n) is 3.44. The molecule has 2 aromatic carbocycles. The van der Waals surface area contributed by atoms with E-state index in [-0.39, 0.29) is 18.2 Å². The van der Waals surface area contributed by atoms with Crippen LogP contribution >= 0.6 is 0 Å². The molecule has 0 bridgehead atoms. The first-order valence-corrected chi connectivity index (χ1v) is 11.1. The lowest BCUT2D eigenvalue weighted by Gasteiger charge is -2.24. The van der Waals surface area contributed by atoms with E-state index in [1.165, 1.54) is 24.3 Å². The van der Waals surface area contributed by atoms with E-state index in [0.29, 0.717) is 18.4 Å². The maximum atomic E-state index is 12.8. The molecule has 2 amide bonds. The van der Waals surface area contributed by atoms with Crippen LogP contribution in [0.4, 0.5) is 5.69 Å². The third-order valence-corrected chi connectivity index (χ3v) is 5.34. The summed E-state index contributed by atoms with van der Waals surface area (Å²) in [4.78, 5) is 35.7. The average Bonchev–Trinajstić information content (AvgIpc) is 2.81. The number of rotatable bonds is 12. The van der Waals surface area contributed by atoms with Crippen LogP contribution in [0.2, 0.25) is 0 Å². The van der Waals surface area contributed by atoms with Crippen molar-refractivity contribution in [3.05, 3.63) is 75.8 Å². The molecule has 0 radical (unpaired) electrons. The summed E-state index contributed by atoms with van der Waals surface area (Å²) in [5.41, 5.74) is 13.3. The summed E-state index contributed by atoms with van der Waals surface area (Å²) in [7, 11) is 0. The van der Waals surface area contributed by atoms with Gasteiger partial charge in [0.05, 0.1) is 23.1 Å². The third kappa shape index (κ3) is 8.22. The van der Waals surface area contributed by atoms with Gasteiger partial charge in [-0.2, -0.15) is 0 Å². The van der Waals surface area contributed by atoms with Gasteiger partial charge in [-0.15, -0.1) is 0 Å². The molecule has 0 fully saturated rings. The zero-order valence-electron chi connectivity index (χ0n) is 19.4. The molecule has 0 aromatic heterocycles. The van der Waals surface area contributed by atoms with Crippen molar-refractivity contribution in [1.82, 2.24) is 10.6 Å². The zero-order chi connectivity index (χ0) is 25.3. The van der Waals surface area contributed by atoms with E-state index in [4.69, 9.17) is 11.5 Å². The molecule has 7 N–H and O–H groups in total. The smallest absolute Gasteiger partial charge is 0.269 e. The van der Waals surface area contributed by atoms with Crippen LogP contribution in [0, 0.1) is 16.0 Å². The fourth-order valence-corrected chi connectivity index (χ4v) is 3.44. The number of nitrogens with zero attached hydrogens (tertiary/aromatic N) is 1. The first-order chi connectivity index (χ1) is 16.1. The van der Waals surface area contributed by atoms with Crippen LogP contribution in [0.15, 0.2) is 54.6 Å². The Morgan fingerprint density at radius 1 is 1.03 bits per heavy atom. The van der Waals surface area contributed by atoms with Crippen molar-refractivity contribution >= 4 is 17.5 Å². The number of amides is 2. The number of non-ortho nitro benzene ring substituents is 1. The molecule has 4 atom stereocenters. The number of carbonyl (C=O) groups is 2. The molecule has 0 unspecified atom stereocenters. The Morgan fingerprint density at radius 2 is 1.65 bits per heavy atom. The van der Waals surface area contributed by atoms with Crippen molar-refractivity contribution in [3.63, 3.8) is 0 Å². The van der Waals surface area contributed by atoms with Crippen LogP contribution in [0.1, 0.15) is 37.5 Å². The Hall–Kier alpha value is -3.34. The molecular formula is C24H33N5O5. The molecule has 0 saturated carbocycles. The average molecular weight is 472 g/mol. The molecule has 10 heteroatoms. The van der Waals surface area contributed by atoms with Crippen molar-refractivity contribution < 1.29 is 19.6 Å². The number of hydrogen-bond acceptors (Lipinski definition) is 7. The SMILES string of the molecule is CC(C)C[C@H](NC(=O)[C@@H](N)Cc1ccccc1)C(=O)NC[C@H](N)[C@@H](O)c1ccc([N+](=O)[O-])cc1. The monoisotopic (exact) mass is 471 g/mol. The molecule has 0 heterocycles. The number of hydrogen-bond donors (Lipinski definition) is 5. The highest BCUT2D eigenvalue weighted by molar-refractivity contribution is 5.89. The second-order valence-electron chi connectivity index (χ2n) is 8.69. The molecule has 10 nitrogen and oxygen atoms in total. The van der Waals surface area contributed by atoms with E-state index in [1.807, 2.05) is 44.2 Å². The molecule has 0 aliphatic carbocycles. The Morgan fingerprint density at radius 3 is 2.21 bits per heavy atom. The number of aliphatic hydroxyl groups is 1. The molecule has 0 saturated heterocycles. The topological polar surface area (TPSA) is 174 Å². The number of aliphatic hydroxyl groups excluding tert-OH is 1. The van der Waals surface area contributed by atoms with Crippen molar-refractivity contribution in [1.29, 1.82) is 0 Å². The second-order valence-corrected chi connectivity index (χ2v) is 8.69. The first-order valence-electron chi connectivity index (χ1n) is 11.1. The molecule has 0 aliphatic rings. The van der Waals surface area contributed by atoms with Crippen LogP contribution in [0.25, 0.3) is 0 Å². The van der Waals surface area contributed by atoms with Gasteiger partial charge in [0, 0.05) is 18.7 Å². The normalized spacial score (nSPS) is 14.6. The number of carbonyl (C=O) groups excluding carboxylic acids is 2. The fraction of sp³-hybridized carbons (Fsp3) is 0.417. The highest BCUT2D eigenvalue weighted by Crippen LogP contribution is 2.19. The molecule has 2 rings (SSSR count). The summed E-state index contributed by atoms with van der Waals surface area (Å²) >= 11 is 0. The highest BCUT2D eigenvalue weighted by atomic mass is 16.6. The minimum atomic E-state index is -1.14. The van der Waals surface area contributed by atoms with Crippen LogP contribution < -0.4 is 22.1 Å². The largest absolute Gasteiger partial charge is 0.387 e. The van der Waals surface area contributed by atoms with Gasteiger partial charge >= 0.3 is 0 Å². The lowest BCUT2D eigenvalue weighted by molar-refractivity contribution is -0.384. The maximum absolute atomic E-state index is 12.8. The third-order valence-electron chi connectivity index (χ3n) is 5.34. The van der Waals surface area contributed by atoms with Gasteiger partial charge in [0.2, 0.25) is 11.8 Å². The molecule has 0 spiro atoms. The first kappa shape index (κ1) is 26.9. The van der Waals surface area contributed by atoms with Crippen molar-refractivity contribution in [2.45, 2.75) is 50.9 Å². The summed E-state index contributed by atoms with van der Waals surface area (Å²) < 4.78 is 0. The van der Waals surface area contributed by atoms with Gasteiger partial charge in [-0.05, 0) is 42.0 Å². The van der Waals surface area contributed by atoms with E-state index >= 15 is 0 Å². The minimum absolute atomic E-state index is 0.0580. The Labute approximate surface area is 198 Å². The maximum Gasteiger partial charge on any atom is 0.269 e. The predicted molar refractivity (Wildman–Crippen MR) is 129 cm³/mol. The van der Waals surface area contributed by atoms with E-state index in [9.17, 15) is 24.8 Å². The van der Waals surface area contributed by atoms with E-state index in [2.05, 4.69) is 10.6 Å². The minimum Gasteiger partial charge on any atom is -0.387 e. The van der Waals surface area contributed by atoms with E-state index < -0.39 is 41.0 Å². The molecule has 0 aliphatic heterocycles. The van der Waals surface area contributed by atoms with Gasteiger partial charge in [-0.3, -0.25) is 19.7 Å². The van der Waals surface area contributed by atoms with E-state index in [0.717, 1.165) is 5.56 Å². The van der Waals surface area contributed by atoms with Gasteiger partial charge in [0.15, 0.2) is 0 Å². The predicted octanol–water partition coefficient (Wildman–Crippen LogP) is 1.17. The zero-order valence-corrected chi connectivity index (χ0v) is 19.4. The summed E-state index contributed by atoms with van der Waals surface area (Å²) in [6.45, 7) is 3.80. The molecule has 34 heavy (non-hydrogen) atoms. The van der Waals surface area contributed by atoms with Crippen molar-refractivity contribution in [2.75, 3.05) is 6.54 Å². The van der Waals surface area contributed by atoms with Gasteiger partial charge in [0.25, 0.3) is 5.69 Å². The summed E-state index contributed by atoms with van der Waals surface area (Å²) in [5.74, 6) is -0.735. The van der Waals surface area contributed by atoms with Crippen LogP contribution in [-0.4, -0.2) is 46.5 Å². The molecule has 184 valence electrons. The van der Waals surface area contributed by atoms with Crippen LogP contribution in [0.5, 0.6) is 0 Å². The Bertz CT molecular complexity index is 952. The van der Waals surface area contributed by atoms with Gasteiger partial charge < -0.3 is 27.2 Å².